The van der Waals surface area contributed by atoms with Crippen molar-refractivity contribution in [3.8, 4) is 0 Å². The fourth-order valence-corrected chi connectivity index (χ4v) is 1.37. The zero-order valence-electron chi connectivity index (χ0n) is 7.57. The first-order valence-electron chi connectivity index (χ1n) is 4.19. The summed E-state index contributed by atoms with van der Waals surface area (Å²) in [4.78, 5) is 27.1. The second kappa shape index (κ2) is 3.88. The Hall–Kier alpha value is -1.59. The van der Waals surface area contributed by atoms with E-state index in [1.165, 1.54) is 0 Å². The zero-order chi connectivity index (χ0) is 10.8. The van der Waals surface area contributed by atoms with Gasteiger partial charge in [0, 0.05) is 5.02 Å². The minimum Gasteiger partial charge on any atom is -0.274 e. The SMILES string of the molecule is O=C1CON(c2cccc(Cl)c2)C(=O)N1. The average Bonchev–Trinajstić information content (AvgIpc) is 2.17. The lowest BCUT2D eigenvalue weighted by molar-refractivity contribution is -0.126. The van der Waals surface area contributed by atoms with E-state index in [4.69, 9.17) is 16.4 Å². The summed E-state index contributed by atoms with van der Waals surface area (Å²) in [5.41, 5.74) is 0.479. The molecule has 0 aromatic heterocycles. The Labute approximate surface area is 90.5 Å². The number of carbonyl (C=O) groups excluding carboxylic acids is 2. The van der Waals surface area contributed by atoms with Gasteiger partial charge >= 0.3 is 6.03 Å². The van der Waals surface area contributed by atoms with Gasteiger partial charge in [0.15, 0.2) is 6.61 Å². The monoisotopic (exact) mass is 226 g/mol. The molecule has 5 nitrogen and oxygen atoms in total. The van der Waals surface area contributed by atoms with Gasteiger partial charge in [-0.05, 0) is 18.2 Å². The van der Waals surface area contributed by atoms with Gasteiger partial charge in [0.05, 0.1) is 5.69 Å². The Morgan fingerprint density at radius 2 is 2.20 bits per heavy atom. The Bertz CT molecular complexity index is 422. The number of nitrogens with one attached hydrogen (secondary N) is 1. The highest BCUT2D eigenvalue weighted by Crippen LogP contribution is 2.20. The molecule has 1 aliphatic rings. The molecule has 3 amide bonds. The number of amides is 3. The molecule has 6 heteroatoms. The number of rotatable bonds is 1. The van der Waals surface area contributed by atoms with Gasteiger partial charge in [-0.3, -0.25) is 14.9 Å². The fourth-order valence-electron chi connectivity index (χ4n) is 1.18. The van der Waals surface area contributed by atoms with E-state index in [2.05, 4.69) is 5.32 Å². The molecular formula is C9H7ClN2O3. The van der Waals surface area contributed by atoms with Crippen LogP contribution in [0, 0.1) is 0 Å². The van der Waals surface area contributed by atoms with E-state index >= 15 is 0 Å². The van der Waals surface area contributed by atoms with Gasteiger partial charge in [-0.1, -0.05) is 17.7 Å². The highest BCUT2D eigenvalue weighted by atomic mass is 35.5. The number of carbonyl (C=O) groups is 2. The number of halogens is 1. The summed E-state index contributed by atoms with van der Waals surface area (Å²) in [7, 11) is 0. The van der Waals surface area contributed by atoms with Crippen molar-refractivity contribution in [2.75, 3.05) is 11.7 Å². The molecule has 1 fully saturated rings. The molecule has 1 N–H and O–H groups in total. The maximum absolute atomic E-state index is 11.3. The highest BCUT2D eigenvalue weighted by molar-refractivity contribution is 6.30. The minimum atomic E-state index is -0.617. The van der Waals surface area contributed by atoms with E-state index in [1.54, 1.807) is 24.3 Å². The molecule has 0 bridgehead atoms. The predicted molar refractivity (Wildman–Crippen MR) is 53.4 cm³/mol. The number of hydrogen-bond donors (Lipinski definition) is 1. The van der Waals surface area contributed by atoms with Crippen LogP contribution in [0.1, 0.15) is 0 Å². The van der Waals surface area contributed by atoms with Gasteiger partial charge in [-0.2, -0.15) is 5.06 Å². The van der Waals surface area contributed by atoms with Crippen LogP contribution in [0.4, 0.5) is 10.5 Å². The lowest BCUT2D eigenvalue weighted by Gasteiger charge is -2.25. The Balaban J connectivity index is 2.24. The smallest absolute Gasteiger partial charge is 0.274 e. The normalized spacial score (nSPS) is 16.5. The Morgan fingerprint density at radius 3 is 2.87 bits per heavy atom. The summed E-state index contributed by atoms with van der Waals surface area (Å²) < 4.78 is 0. The van der Waals surface area contributed by atoms with Crippen molar-refractivity contribution in [1.82, 2.24) is 5.32 Å². The number of nitrogens with zero attached hydrogens (tertiary/aromatic N) is 1. The molecule has 0 radical (unpaired) electrons. The van der Waals surface area contributed by atoms with E-state index in [0.717, 1.165) is 5.06 Å². The van der Waals surface area contributed by atoms with Crippen LogP contribution in [-0.4, -0.2) is 18.5 Å². The number of hydroxylamine groups is 1. The molecule has 1 heterocycles. The number of hydrogen-bond acceptors (Lipinski definition) is 3. The standard InChI is InChI=1S/C9H7ClN2O3/c10-6-2-1-3-7(4-6)12-9(14)11-8(13)5-15-12/h1-4H,5H2,(H,11,13,14). The van der Waals surface area contributed by atoms with Crippen LogP contribution in [-0.2, 0) is 9.63 Å². The fraction of sp³-hybridized carbons (Fsp3) is 0.111. The maximum Gasteiger partial charge on any atom is 0.352 e. The van der Waals surface area contributed by atoms with Crippen molar-refractivity contribution in [2.24, 2.45) is 0 Å². The largest absolute Gasteiger partial charge is 0.352 e. The molecule has 78 valence electrons. The molecule has 0 aliphatic carbocycles. The lowest BCUT2D eigenvalue weighted by Crippen LogP contribution is -2.50. The molecule has 0 spiro atoms. The predicted octanol–water partition coefficient (Wildman–Crippen LogP) is 1.33. The van der Waals surface area contributed by atoms with Gasteiger partial charge in [-0.15, -0.1) is 0 Å². The second-order valence-corrected chi connectivity index (χ2v) is 3.34. The molecule has 0 unspecified atom stereocenters. The van der Waals surface area contributed by atoms with Crippen molar-refractivity contribution >= 4 is 29.2 Å². The third-order valence-corrected chi connectivity index (χ3v) is 2.03. The molecule has 15 heavy (non-hydrogen) atoms. The van der Waals surface area contributed by atoms with Gasteiger partial charge in [0.1, 0.15) is 0 Å². The second-order valence-electron chi connectivity index (χ2n) is 2.90. The van der Waals surface area contributed by atoms with E-state index in [9.17, 15) is 9.59 Å². The van der Waals surface area contributed by atoms with Crippen molar-refractivity contribution in [2.45, 2.75) is 0 Å². The molecule has 1 aromatic rings. The van der Waals surface area contributed by atoms with Crippen LogP contribution in [0.5, 0.6) is 0 Å². The van der Waals surface area contributed by atoms with E-state index in [0.29, 0.717) is 10.7 Å². The number of anilines is 1. The van der Waals surface area contributed by atoms with Crippen molar-refractivity contribution in [3.05, 3.63) is 29.3 Å². The van der Waals surface area contributed by atoms with Crippen LogP contribution in [0.2, 0.25) is 5.02 Å². The highest BCUT2D eigenvalue weighted by Gasteiger charge is 2.25. The van der Waals surface area contributed by atoms with Gasteiger partial charge in [0.2, 0.25) is 0 Å². The van der Waals surface area contributed by atoms with E-state index < -0.39 is 11.9 Å². The van der Waals surface area contributed by atoms with Crippen LogP contribution in [0.25, 0.3) is 0 Å². The van der Waals surface area contributed by atoms with Crippen molar-refractivity contribution in [1.29, 1.82) is 0 Å². The molecule has 1 saturated heterocycles. The van der Waals surface area contributed by atoms with Crippen molar-refractivity contribution < 1.29 is 14.4 Å². The van der Waals surface area contributed by atoms with Crippen LogP contribution < -0.4 is 10.4 Å². The third-order valence-electron chi connectivity index (χ3n) is 1.80. The van der Waals surface area contributed by atoms with Crippen LogP contribution >= 0.6 is 11.6 Å². The van der Waals surface area contributed by atoms with Gasteiger partial charge in [0.25, 0.3) is 5.91 Å². The topological polar surface area (TPSA) is 58.6 Å². The number of benzene rings is 1. The summed E-state index contributed by atoms with van der Waals surface area (Å²) in [5.74, 6) is -0.460. The van der Waals surface area contributed by atoms with E-state index in [-0.39, 0.29) is 6.61 Å². The summed E-state index contributed by atoms with van der Waals surface area (Å²) in [6.07, 6.45) is 0. The molecule has 0 atom stereocenters. The summed E-state index contributed by atoms with van der Waals surface area (Å²) in [6.45, 7) is -0.182. The van der Waals surface area contributed by atoms with Crippen LogP contribution in [0.3, 0.4) is 0 Å². The first kappa shape index (κ1) is 9.95. The first-order valence-corrected chi connectivity index (χ1v) is 4.57. The van der Waals surface area contributed by atoms with Gasteiger partial charge in [-0.25, -0.2) is 4.79 Å². The van der Waals surface area contributed by atoms with Crippen molar-refractivity contribution in [3.63, 3.8) is 0 Å². The quantitative estimate of drug-likeness (QED) is 0.786. The summed E-state index contributed by atoms with van der Waals surface area (Å²) >= 11 is 5.76. The van der Waals surface area contributed by atoms with Gasteiger partial charge < -0.3 is 0 Å². The molecule has 0 saturated carbocycles. The third kappa shape index (κ3) is 2.08. The molecular weight excluding hydrogens is 220 g/mol. The lowest BCUT2D eigenvalue weighted by atomic mass is 10.3. The first-order chi connectivity index (χ1) is 7.16. The molecule has 2 rings (SSSR count). The average molecular weight is 227 g/mol. The minimum absolute atomic E-state index is 0.182. The maximum atomic E-state index is 11.3. The van der Waals surface area contributed by atoms with E-state index in [1.807, 2.05) is 0 Å². The molecule has 1 aliphatic heterocycles. The zero-order valence-corrected chi connectivity index (χ0v) is 8.32. The number of urea groups is 1. The Morgan fingerprint density at radius 1 is 1.40 bits per heavy atom. The summed E-state index contributed by atoms with van der Waals surface area (Å²) in [6, 6.07) is 5.97. The molecule has 1 aromatic carbocycles. The van der Waals surface area contributed by atoms with Crippen LogP contribution in [0.15, 0.2) is 24.3 Å². The Kier molecular flexibility index (Phi) is 2.57. The number of imide groups is 1. The summed E-state index contributed by atoms with van der Waals surface area (Å²) in [5, 5.41) is 3.61.